The minimum atomic E-state index is -0.497. The van der Waals surface area contributed by atoms with Gasteiger partial charge in [-0.25, -0.2) is 4.79 Å². The molecular weight excluding hydrogens is 410 g/mol. The first-order valence-electron chi connectivity index (χ1n) is 8.80. The van der Waals surface area contributed by atoms with E-state index in [0.29, 0.717) is 29.8 Å². The summed E-state index contributed by atoms with van der Waals surface area (Å²) in [5.41, 5.74) is 1.58. The molecule has 2 aromatic rings. The first kappa shape index (κ1) is 18.0. The Kier molecular flexibility index (Phi) is 4.03. The number of fused-ring (bicyclic) bond motifs is 1. The van der Waals surface area contributed by atoms with Crippen LogP contribution in [0.1, 0.15) is 43.7 Å². The summed E-state index contributed by atoms with van der Waals surface area (Å²) in [5.74, 6) is 0.00462. The van der Waals surface area contributed by atoms with Gasteiger partial charge in [0.25, 0.3) is 5.56 Å². The molecule has 0 spiro atoms. The summed E-state index contributed by atoms with van der Waals surface area (Å²) >= 11 is 3.43. The Morgan fingerprint density at radius 3 is 2.44 bits per heavy atom. The number of nitrogens with zero attached hydrogens (tertiary/aromatic N) is 1. The quantitative estimate of drug-likeness (QED) is 0.729. The Balaban J connectivity index is 2.04. The molecule has 1 unspecified atom stereocenters. The van der Waals surface area contributed by atoms with E-state index in [1.165, 1.54) is 4.57 Å². The third kappa shape index (κ3) is 2.90. The lowest BCUT2D eigenvalue weighted by Gasteiger charge is -2.39. The average Bonchev–Trinajstić information content (AvgIpc) is 2.57. The van der Waals surface area contributed by atoms with Gasteiger partial charge in [0.1, 0.15) is 5.82 Å². The van der Waals surface area contributed by atoms with Crippen LogP contribution >= 0.6 is 15.9 Å². The molecule has 7 heteroatoms. The van der Waals surface area contributed by atoms with Crippen LogP contribution < -0.4 is 16.6 Å². The summed E-state index contributed by atoms with van der Waals surface area (Å²) < 4.78 is 2.32. The predicted octanol–water partition coefficient (Wildman–Crippen LogP) is 3.04. The monoisotopic (exact) mass is 429 g/mol. The summed E-state index contributed by atoms with van der Waals surface area (Å²) in [6, 6.07) is 7.60. The van der Waals surface area contributed by atoms with E-state index in [1.54, 1.807) is 7.05 Å². The fraction of sp³-hybridized carbons (Fsp3) is 0.350. The number of rotatable bonds is 1. The number of aromatic amines is 1. The molecule has 4 rings (SSSR count). The number of hydrogen-bond acceptors (Lipinski definition) is 4. The first-order chi connectivity index (χ1) is 12.7. The van der Waals surface area contributed by atoms with Crippen LogP contribution in [0.25, 0.3) is 0 Å². The zero-order chi connectivity index (χ0) is 19.5. The van der Waals surface area contributed by atoms with Crippen molar-refractivity contribution < 1.29 is 4.79 Å². The van der Waals surface area contributed by atoms with Gasteiger partial charge in [-0.1, -0.05) is 41.9 Å². The Hall–Kier alpha value is -2.41. The topological polar surface area (TPSA) is 84.0 Å². The number of nitrogens with one attached hydrogen (secondary N) is 2. The van der Waals surface area contributed by atoms with Crippen LogP contribution in [0, 0.1) is 5.41 Å². The van der Waals surface area contributed by atoms with Gasteiger partial charge < -0.3 is 5.32 Å². The Morgan fingerprint density at radius 2 is 1.78 bits per heavy atom. The van der Waals surface area contributed by atoms with E-state index in [9.17, 15) is 14.4 Å². The molecule has 140 valence electrons. The normalized spacial score (nSPS) is 20.7. The van der Waals surface area contributed by atoms with E-state index < -0.39 is 17.2 Å². The van der Waals surface area contributed by atoms with Crippen molar-refractivity contribution in [2.45, 2.75) is 32.6 Å². The maximum Gasteiger partial charge on any atom is 0.329 e. The number of allylic oxidation sites excluding steroid dienone is 2. The molecule has 1 atom stereocenters. The molecule has 0 radical (unpaired) electrons. The number of Topliss-reactive ketones (excluding diaryl/α,β-unsaturated/α-hetero) is 1. The maximum atomic E-state index is 13.1. The van der Waals surface area contributed by atoms with Crippen molar-refractivity contribution >= 4 is 27.5 Å². The minimum Gasteiger partial charge on any atom is -0.344 e. The Morgan fingerprint density at radius 1 is 1.11 bits per heavy atom. The Bertz CT molecular complexity index is 1110. The van der Waals surface area contributed by atoms with Crippen molar-refractivity contribution in [3.05, 3.63) is 72.0 Å². The van der Waals surface area contributed by atoms with Gasteiger partial charge in [0.2, 0.25) is 0 Å². The lowest BCUT2D eigenvalue weighted by Crippen LogP contribution is -2.41. The molecule has 27 heavy (non-hydrogen) atoms. The highest BCUT2D eigenvalue weighted by Crippen LogP contribution is 2.47. The minimum absolute atomic E-state index is 0.0422. The highest BCUT2D eigenvalue weighted by Gasteiger charge is 2.42. The molecule has 2 N–H and O–H groups in total. The summed E-state index contributed by atoms with van der Waals surface area (Å²) in [6.07, 6.45) is 1.11. The van der Waals surface area contributed by atoms with Gasteiger partial charge in [-0.2, -0.15) is 0 Å². The van der Waals surface area contributed by atoms with E-state index in [2.05, 4.69) is 40.1 Å². The van der Waals surface area contributed by atoms with Gasteiger partial charge in [0.05, 0.1) is 5.56 Å². The number of carbonyl (C=O) groups is 1. The number of carbonyl (C=O) groups excluding carboxylic acids is 1. The summed E-state index contributed by atoms with van der Waals surface area (Å²) in [6.45, 7) is 4.11. The number of ketones is 1. The van der Waals surface area contributed by atoms with E-state index >= 15 is 0 Å². The summed E-state index contributed by atoms with van der Waals surface area (Å²) in [4.78, 5) is 40.3. The average molecular weight is 430 g/mol. The molecule has 1 aliphatic heterocycles. The van der Waals surface area contributed by atoms with Gasteiger partial charge in [-0.15, -0.1) is 0 Å². The van der Waals surface area contributed by atoms with Crippen LogP contribution in [0.5, 0.6) is 0 Å². The van der Waals surface area contributed by atoms with Gasteiger partial charge in [-0.05, 0) is 29.5 Å². The lowest BCUT2D eigenvalue weighted by molar-refractivity contribution is -0.118. The zero-order valence-electron chi connectivity index (χ0n) is 15.4. The number of H-pyrrole nitrogens is 1. The van der Waals surface area contributed by atoms with Crippen LogP contribution in [-0.4, -0.2) is 15.3 Å². The summed E-state index contributed by atoms with van der Waals surface area (Å²) in [5, 5.41) is 3.24. The van der Waals surface area contributed by atoms with Crippen LogP contribution in [0.3, 0.4) is 0 Å². The smallest absolute Gasteiger partial charge is 0.329 e. The molecule has 0 saturated heterocycles. The molecule has 0 amide bonds. The van der Waals surface area contributed by atoms with Gasteiger partial charge in [0.15, 0.2) is 5.78 Å². The fourth-order valence-electron chi connectivity index (χ4n) is 4.11. The lowest BCUT2D eigenvalue weighted by atomic mass is 9.69. The SMILES string of the molecule is Cn1c2c(c(=O)[nH]c1=O)C(c1ccc(Br)cc1)C1=C(CC(C)(C)CC1=O)N2. The van der Waals surface area contributed by atoms with Gasteiger partial charge in [0, 0.05) is 35.1 Å². The molecular formula is C20H20BrN3O3. The largest absolute Gasteiger partial charge is 0.344 e. The zero-order valence-corrected chi connectivity index (χ0v) is 16.9. The van der Waals surface area contributed by atoms with Crippen molar-refractivity contribution in [1.82, 2.24) is 9.55 Å². The maximum absolute atomic E-state index is 13.1. The van der Waals surface area contributed by atoms with Crippen LogP contribution in [0.4, 0.5) is 5.82 Å². The van der Waals surface area contributed by atoms with Crippen LogP contribution in [-0.2, 0) is 11.8 Å². The molecule has 2 aliphatic rings. The van der Waals surface area contributed by atoms with Crippen molar-refractivity contribution in [2.24, 2.45) is 12.5 Å². The van der Waals surface area contributed by atoms with Gasteiger partial charge in [-0.3, -0.25) is 19.1 Å². The second-order valence-electron chi connectivity index (χ2n) is 8.02. The van der Waals surface area contributed by atoms with Crippen molar-refractivity contribution in [2.75, 3.05) is 5.32 Å². The number of halogens is 1. The molecule has 2 heterocycles. The fourth-order valence-corrected chi connectivity index (χ4v) is 4.38. The highest BCUT2D eigenvalue weighted by atomic mass is 79.9. The standard InChI is InChI=1S/C20H20BrN3O3/c1-20(2)8-12-15(13(25)9-20)14(10-4-6-11(21)7-5-10)16-17(22-12)24(3)19(27)23-18(16)26/h4-7,14,22H,8-9H2,1-3H3,(H,23,26,27). The second-order valence-corrected chi connectivity index (χ2v) is 8.94. The van der Waals surface area contributed by atoms with Crippen LogP contribution in [0.2, 0.25) is 0 Å². The van der Waals surface area contributed by atoms with E-state index in [-0.39, 0.29) is 11.2 Å². The summed E-state index contributed by atoms with van der Waals surface area (Å²) in [7, 11) is 1.62. The van der Waals surface area contributed by atoms with E-state index in [4.69, 9.17) is 0 Å². The molecule has 0 bridgehead atoms. The van der Waals surface area contributed by atoms with Crippen LogP contribution in [0.15, 0.2) is 49.6 Å². The first-order valence-corrected chi connectivity index (χ1v) is 9.59. The molecule has 1 aliphatic carbocycles. The number of anilines is 1. The number of hydrogen-bond donors (Lipinski definition) is 2. The van der Waals surface area contributed by atoms with Gasteiger partial charge >= 0.3 is 5.69 Å². The molecule has 6 nitrogen and oxygen atoms in total. The van der Waals surface area contributed by atoms with Crippen molar-refractivity contribution in [3.8, 4) is 0 Å². The molecule has 0 fully saturated rings. The molecule has 0 saturated carbocycles. The molecule has 1 aromatic carbocycles. The third-order valence-corrected chi connectivity index (χ3v) is 5.86. The Labute approximate surface area is 164 Å². The molecule has 1 aromatic heterocycles. The van der Waals surface area contributed by atoms with E-state index in [1.807, 2.05) is 24.3 Å². The highest BCUT2D eigenvalue weighted by molar-refractivity contribution is 9.10. The predicted molar refractivity (Wildman–Crippen MR) is 107 cm³/mol. The van der Waals surface area contributed by atoms with Crippen molar-refractivity contribution in [3.63, 3.8) is 0 Å². The van der Waals surface area contributed by atoms with E-state index in [0.717, 1.165) is 15.7 Å². The van der Waals surface area contributed by atoms with Crippen molar-refractivity contribution in [1.29, 1.82) is 0 Å². The number of aromatic nitrogens is 2. The second kappa shape index (κ2) is 6.05. The third-order valence-electron chi connectivity index (χ3n) is 5.33. The number of benzene rings is 1.